The van der Waals surface area contributed by atoms with Gasteiger partial charge in [0.05, 0.1) is 6.61 Å². The molecule has 88 valence electrons. The maximum absolute atomic E-state index is 13.0. The molecule has 0 bridgehead atoms. The molecule has 17 heavy (non-hydrogen) atoms. The van der Waals surface area contributed by atoms with Crippen LogP contribution in [0.4, 0.5) is 4.39 Å². The van der Waals surface area contributed by atoms with Gasteiger partial charge >= 0.3 is 0 Å². The SMILES string of the molecule is Cc1ccc(F)cc1OCCc1ccccc1. The van der Waals surface area contributed by atoms with Crippen LogP contribution in [0.5, 0.6) is 5.75 Å². The molecule has 1 nitrogen and oxygen atoms in total. The summed E-state index contributed by atoms with van der Waals surface area (Å²) in [6.07, 6.45) is 0.830. The molecule has 0 N–H and O–H groups in total. The van der Waals surface area contributed by atoms with Crippen LogP contribution in [0.2, 0.25) is 0 Å². The molecular weight excluding hydrogens is 215 g/mol. The van der Waals surface area contributed by atoms with Crippen molar-refractivity contribution in [3.05, 3.63) is 65.5 Å². The summed E-state index contributed by atoms with van der Waals surface area (Å²) in [6, 6.07) is 14.7. The van der Waals surface area contributed by atoms with Crippen molar-refractivity contribution < 1.29 is 9.13 Å². The van der Waals surface area contributed by atoms with E-state index in [1.807, 2.05) is 25.1 Å². The Hall–Kier alpha value is -1.83. The van der Waals surface area contributed by atoms with Crippen molar-refractivity contribution in [3.8, 4) is 5.75 Å². The smallest absolute Gasteiger partial charge is 0.126 e. The second-order valence-electron chi connectivity index (χ2n) is 3.99. The van der Waals surface area contributed by atoms with Crippen molar-refractivity contribution in [2.45, 2.75) is 13.3 Å². The fourth-order valence-corrected chi connectivity index (χ4v) is 1.65. The van der Waals surface area contributed by atoms with E-state index >= 15 is 0 Å². The van der Waals surface area contributed by atoms with E-state index in [9.17, 15) is 4.39 Å². The molecule has 0 aliphatic heterocycles. The normalized spacial score (nSPS) is 10.2. The first-order valence-corrected chi connectivity index (χ1v) is 5.68. The summed E-state index contributed by atoms with van der Waals surface area (Å²) in [5.41, 5.74) is 2.18. The molecule has 2 rings (SSSR count). The van der Waals surface area contributed by atoms with E-state index in [-0.39, 0.29) is 5.82 Å². The van der Waals surface area contributed by atoms with Gasteiger partial charge in [-0.2, -0.15) is 0 Å². The molecule has 0 saturated carbocycles. The highest BCUT2D eigenvalue weighted by molar-refractivity contribution is 5.32. The lowest BCUT2D eigenvalue weighted by Crippen LogP contribution is -2.02. The predicted molar refractivity (Wildman–Crippen MR) is 66.8 cm³/mol. The molecule has 0 saturated heterocycles. The Labute approximate surface area is 101 Å². The maximum atomic E-state index is 13.0. The van der Waals surface area contributed by atoms with E-state index in [1.165, 1.54) is 17.7 Å². The molecule has 0 heterocycles. The Morgan fingerprint density at radius 2 is 1.82 bits per heavy atom. The summed E-state index contributed by atoms with van der Waals surface area (Å²) in [6.45, 7) is 2.48. The largest absolute Gasteiger partial charge is 0.493 e. The van der Waals surface area contributed by atoms with Gasteiger partial charge in [-0.05, 0) is 24.1 Å². The highest BCUT2D eigenvalue weighted by Crippen LogP contribution is 2.18. The van der Waals surface area contributed by atoms with Crippen LogP contribution in [0.3, 0.4) is 0 Å². The zero-order valence-electron chi connectivity index (χ0n) is 9.82. The van der Waals surface area contributed by atoms with Gasteiger partial charge in [-0.1, -0.05) is 36.4 Å². The topological polar surface area (TPSA) is 9.23 Å². The number of aryl methyl sites for hydroxylation is 1. The standard InChI is InChI=1S/C15H15FO/c1-12-7-8-14(16)11-15(12)17-10-9-13-5-3-2-4-6-13/h2-8,11H,9-10H2,1H3. The Morgan fingerprint density at radius 3 is 2.59 bits per heavy atom. The molecule has 0 amide bonds. The molecule has 0 unspecified atom stereocenters. The number of ether oxygens (including phenoxy) is 1. The van der Waals surface area contributed by atoms with Gasteiger partial charge < -0.3 is 4.74 Å². The number of rotatable bonds is 4. The first-order valence-electron chi connectivity index (χ1n) is 5.68. The monoisotopic (exact) mass is 230 g/mol. The van der Waals surface area contributed by atoms with Crippen LogP contribution in [-0.4, -0.2) is 6.61 Å². The average Bonchev–Trinajstić information content (AvgIpc) is 2.35. The molecule has 0 aliphatic rings. The van der Waals surface area contributed by atoms with E-state index in [2.05, 4.69) is 12.1 Å². The van der Waals surface area contributed by atoms with Gasteiger partial charge in [0.15, 0.2) is 0 Å². The quantitative estimate of drug-likeness (QED) is 0.777. The van der Waals surface area contributed by atoms with Crippen molar-refractivity contribution in [1.29, 1.82) is 0 Å². The molecule has 0 aliphatic carbocycles. The number of hydrogen-bond donors (Lipinski definition) is 0. The van der Waals surface area contributed by atoms with Crippen LogP contribution < -0.4 is 4.74 Å². The molecule has 0 atom stereocenters. The Morgan fingerprint density at radius 1 is 1.06 bits per heavy atom. The third-order valence-electron chi connectivity index (χ3n) is 2.64. The number of hydrogen-bond acceptors (Lipinski definition) is 1. The predicted octanol–water partition coefficient (Wildman–Crippen LogP) is 3.76. The van der Waals surface area contributed by atoms with Crippen LogP contribution in [0.25, 0.3) is 0 Å². The van der Waals surface area contributed by atoms with Crippen molar-refractivity contribution in [3.63, 3.8) is 0 Å². The highest BCUT2D eigenvalue weighted by atomic mass is 19.1. The van der Waals surface area contributed by atoms with Crippen molar-refractivity contribution in [2.75, 3.05) is 6.61 Å². The summed E-state index contributed by atoms with van der Waals surface area (Å²) in [7, 11) is 0. The summed E-state index contributed by atoms with van der Waals surface area (Å²) >= 11 is 0. The minimum absolute atomic E-state index is 0.259. The van der Waals surface area contributed by atoms with Crippen LogP contribution >= 0.6 is 0 Å². The van der Waals surface area contributed by atoms with Crippen molar-refractivity contribution in [2.24, 2.45) is 0 Å². The van der Waals surface area contributed by atoms with Gasteiger partial charge in [-0.15, -0.1) is 0 Å². The van der Waals surface area contributed by atoms with E-state index in [4.69, 9.17) is 4.74 Å². The second-order valence-corrected chi connectivity index (χ2v) is 3.99. The molecule has 2 heteroatoms. The van der Waals surface area contributed by atoms with Gasteiger partial charge in [0.1, 0.15) is 11.6 Å². The van der Waals surface area contributed by atoms with E-state index in [0.717, 1.165) is 12.0 Å². The zero-order chi connectivity index (χ0) is 12.1. The van der Waals surface area contributed by atoms with Crippen LogP contribution in [0.15, 0.2) is 48.5 Å². The van der Waals surface area contributed by atoms with Gasteiger partial charge in [0, 0.05) is 12.5 Å². The Balaban J connectivity index is 1.92. The van der Waals surface area contributed by atoms with Gasteiger partial charge in [-0.25, -0.2) is 4.39 Å². The second kappa shape index (κ2) is 5.48. The van der Waals surface area contributed by atoms with Gasteiger partial charge in [-0.3, -0.25) is 0 Å². The van der Waals surface area contributed by atoms with Crippen LogP contribution in [0, 0.1) is 12.7 Å². The first kappa shape index (κ1) is 11.6. The first-order chi connectivity index (χ1) is 8.25. The maximum Gasteiger partial charge on any atom is 0.126 e. The fourth-order valence-electron chi connectivity index (χ4n) is 1.65. The van der Waals surface area contributed by atoms with Crippen LogP contribution in [0.1, 0.15) is 11.1 Å². The fraction of sp³-hybridized carbons (Fsp3) is 0.200. The van der Waals surface area contributed by atoms with E-state index in [0.29, 0.717) is 12.4 Å². The third-order valence-corrected chi connectivity index (χ3v) is 2.64. The minimum atomic E-state index is -0.259. The summed E-state index contributed by atoms with van der Waals surface area (Å²) < 4.78 is 18.6. The van der Waals surface area contributed by atoms with Gasteiger partial charge in [0.2, 0.25) is 0 Å². The number of benzene rings is 2. The molecule has 2 aromatic carbocycles. The third kappa shape index (κ3) is 3.31. The average molecular weight is 230 g/mol. The van der Waals surface area contributed by atoms with Crippen molar-refractivity contribution >= 4 is 0 Å². The molecule has 0 aromatic heterocycles. The Kier molecular flexibility index (Phi) is 3.76. The summed E-state index contributed by atoms with van der Waals surface area (Å²) in [5.74, 6) is 0.367. The molecular formula is C15H15FO. The van der Waals surface area contributed by atoms with E-state index in [1.54, 1.807) is 6.07 Å². The van der Waals surface area contributed by atoms with Crippen LogP contribution in [-0.2, 0) is 6.42 Å². The Bertz CT molecular complexity index is 480. The van der Waals surface area contributed by atoms with Gasteiger partial charge in [0.25, 0.3) is 0 Å². The van der Waals surface area contributed by atoms with E-state index < -0.39 is 0 Å². The molecule has 0 fully saturated rings. The molecule has 0 spiro atoms. The summed E-state index contributed by atoms with van der Waals surface area (Å²) in [5, 5.41) is 0. The minimum Gasteiger partial charge on any atom is -0.493 e. The molecule has 0 radical (unpaired) electrons. The zero-order valence-corrected chi connectivity index (χ0v) is 9.82. The number of halogens is 1. The summed E-state index contributed by atoms with van der Waals surface area (Å²) in [4.78, 5) is 0. The highest BCUT2D eigenvalue weighted by Gasteiger charge is 2.01. The molecule has 2 aromatic rings. The van der Waals surface area contributed by atoms with Crippen molar-refractivity contribution in [1.82, 2.24) is 0 Å². The lowest BCUT2D eigenvalue weighted by atomic mass is 10.2. The lowest BCUT2D eigenvalue weighted by Gasteiger charge is -2.09. The lowest BCUT2D eigenvalue weighted by molar-refractivity contribution is 0.318.